The second kappa shape index (κ2) is 9.44. The van der Waals surface area contributed by atoms with Crippen LogP contribution in [0, 0.1) is 0 Å². The summed E-state index contributed by atoms with van der Waals surface area (Å²) in [6, 6.07) is -1.43. The van der Waals surface area contributed by atoms with Crippen molar-refractivity contribution in [1.29, 1.82) is 0 Å². The van der Waals surface area contributed by atoms with E-state index in [4.69, 9.17) is 4.42 Å². The fraction of sp³-hybridized carbons (Fsp3) is 0.765. The van der Waals surface area contributed by atoms with Crippen LogP contribution in [0.4, 0.5) is 13.2 Å². The summed E-state index contributed by atoms with van der Waals surface area (Å²) in [5.74, 6) is 2.00. The summed E-state index contributed by atoms with van der Waals surface area (Å²) in [5.41, 5.74) is -0.113. The van der Waals surface area contributed by atoms with Crippen LogP contribution in [0.1, 0.15) is 39.3 Å². The second-order valence-electron chi connectivity index (χ2n) is 7.51. The van der Waals surface area contributed by atoms with Gasteiger partial charge in [-0.3, -0.25) is 9.89 Å². The van der Waals surface area contributed by atoms with E-state index in [1.807, 2.05) is 25.7 Å². The minimum absolute atomic E-state index is 0. The van der Waals surface area contributed by atoms with Crippen molar-refractivity contribution >= 4 is 29.9 Å². The van der Waals surface area contributed by atoms with Crippen molar-refractivity contribution in [1.82, 2.24) is 20.1 Å². The molecule has 27 heavy (non-hydrogen) atoms. The number of nitrogens with zero attached hydrogens (tertiary/aromatic N) is 4. The molecule has 156 valence electrons. The molecule has 0 saturated carbocycles. The number of guanidine groups is 1. The fourth-order valence-corrected chi connectivity index (χ4v) is 2.75. The fourth-order valence-electron chi connectivity index (χ4n) is 2.75. The van der Waals surface area contributed by atoms with Crippen LogP contribution in [-0.4, -0.2) is 66.2 Å². The smallest absolute Gasteiger partial charge is 0.403 e. The molecule has 1 aromatic rings. The molecule has 10 heteroatoms. The zero-order chi connectivity index (χ0) is 19.5. The number of nitrogens with one attached hydrogen (secondary N) is 1. The number of hydrogen-bond donors (Lipinski definition) is 1. The van der Waals surface area contributed by atoms with E-state index in [9.17, 15) is 13.2 Å². The number of oxazole rings is 1. The Morgan fingerprint density at radius 2 is 1.85 bits per heavy atom. The Bertz CT molecular complexity index is 619. The van der Waals surface area contributed by atoms with Gasteiger partial charge < -0.3 is 14.6 Å². The molecule has 1 saturated heterocycles. The molecule has 2 rings (SSSR count). The number of alkyl halides is 3. The summed E-state index contributed by atoms with van der Waals surface area (Å²) in [6.45, 7) is 9.38. The third kappa shape index (κ3) is 6.51. The van der Waals surface area contributed by atoms with Crippen LogP contribution in [-0.2, 0) is 12.0 Å². The van der Waals surface area contributed by atoms with Crippen molar-refractivity contribution < 1.29 is 17.6 Å². The molecule has 2 heterocycles. The highest BCUT2D eigenvalue weighted by Gasteiger charge is 2.41. The maximum Gasteiger partial charge on any atom is 0.403 e. The van der Waals surface area contributed by atoms with E-state index >= 15 is 0 Å². The van der Waals surface area contributed by atoms with Gasteiger partial charge in [-0.1, -0.05) is 20.8 Å². The van der Waals surface area contributed by atoms with Crippen LogP contribution in [0.15, 0.2) is 15.6 Å². The van der Waals surface area contributed by atoms with Crippen molar-refractivity contribution in [3.8, 4) is 0 Å². The Labute approximate surface area is 175 Å². The summed E-state index contributed by atoms with van der Waals surface area (Å²) < 4.78 is 44.3. The lowest BCUT2D eigenvalue weighted by Crippen LogP contribution is -2.56. The number of rotatable bonds is 3. The molecular weight excluding hydrogens is 474 g/mol. The molecule has 1 unspecified atom stereocenters. The highest BCUT2D eigenvalue weighted by atomic mass is 127. The van der Waals surface area contributed by atoms with Crippen molar-refractivity contribution in [3.63, 3.8) is 0 Å². The first-order valence-electron chi connectivity index (χ1n) is 8.74. The summed E-state index contributed by atoms with van der Waals surface area (Å²) in [5, 5.41) is 3.17. The van der Waals surface area contributed by atoms with Crippen LogP contribution in [0.3, 0.4) is 0 Å². The van der Waals surface area contributed by atoms with Crippen LogP contribution in [0.5, 0.6) is 0 Å². The third-order valence-corrected chi connectivity index (χ3v) is 4.54. The van der Waals surface area contributed by atoms with Gasteiger partial charge in [0.15, 0.2) is 5.96 Å². The molecular formula is C17H29F3IN5O. The molecule has 0 radical (unpaired) electrons. The molecule has 1 N–H and O–H groups in total. The van der Waals surface area contributed by atoms with Crippen LogP contribution in [0.25, 0.3) is 0 Å². The third-order valence-electron chi connectivity index (χ3n) is 4.54. The van der Waals surface area contributed by atoms with Gasteiger partial charge in [0.05, 0.1) is 12.7 Å². The Morgan fingerprint density at radius 1 is 1.26 bits per heavy atom. The Balaban J connectivity index is 0.00000364. The van der Waals surface area contributed by atoms with Gasteiger partial charge in [0.1, 0.15) is 11.8 Å². The molecule has 0 aromatic carbocycles. The number of piperazine rings is 1. The van der Waals surface area contributed by atoms with Gasteiger partial charge in [0.25, 0.3) is 0 Å². The van der Waals surface area contributed by atoms with E-state index < -0.39 is 12.2 Å². The summed E-state index contributed by atoms with van der Waals surface area (Å²) in [7, 11) is 1.66. The van der Waals surface area contributed by atoms with Gasteiger partial charge in [-0.15, -0.1) is 24.0 Å². The Kier molecular flexibility index (Phi) is 8.39. The summed E-state index contributed by atoms with van der Waals surface area (Å²) in [4.78, 5) is 11.9. The monoisotopic (exact) mass is 503 g/mol. The highest BCUT2D eigenvalue weighted by molar-refractivity contribution is 14.0. The van der Waals surface area contributed by atoms with Gasteiger partial charge in [-0.25, -0.2) is 4.98 Å². The molecule has 1 atom stereocenters. The van der Waals surface area contributed by atoms with Crippen LogP contribution >= 0.6 is 24.0 Å². The molecule has 0 bridgehead atoms. The van der Waals surface area contributed by atoms with Gasteiger partial charge in [-0.2, -0.15) is 13.2 Å². The number of aromatic nitrogens is 1. The van der Waals surface area contributed by atoms with Crippen molar-refractivity contribution in [2.45, 2.75) is 51.9 Å². The van der Waals surface area contributed by atoms with Crippen molar-refractivity contribution in [3.05, 3.63) is 17.8 Å². The van der Waals surface area contributed by atoms with Crippen LogP contribution < -0.4 is 5.32 Å². The van der Waals surface area contributed by atoms with Crippen molar-refractivity contribution in [2.75, 3.05) is 33.2 Å². The standard InChI is InChI=1S/C17H28F3N5O.HI/c1-12(17(18,19)20)24-6-8-25(9-7-24)15(21-5)23-11-14-22-10-13(26-14)16(2,3)4;/h10,12H,6-9,11H2,1-5H3,(H,21,23);1H. The zero-order valence-corrected chi connectivity index (χ0v) is 18.8. The molecule has 1 aromatic heterocycles. The first-order chi connectivity index (χ1) is 12.0. The van der Waals surface area contributed by atoms with E-state index in [0.29, 0.717) is 44.6 Å². The first kappa shape index (κ1) is 24.0. The molecule has 0 amide bonds. The van der Waals surface area contributed by atoms with E-state index in [2.05, 4.69) is 15.3 Å². The second-order valence-corrected chi connectivity index (χ2v) is 7.51. The Hall–Kier alpha value is -1.04. The normalized spacial score (nSPS) is 18.2. The van der Waals surface area contributed by atoms with Gasteiger partial charge in [0.2, 0.25) is 5.89 Å². The lowest BCUT2D eigenvalue weighted by molar-refractivity contribution is -0.181. The van der Waals surface area contributed by atoms with Crippen molar-refractivity contribution in [2.24, 2.45) is 4.99 Å². The molecule has 0 aliphatic carbocycles. The molecule has 1 fully saturated rings. The quantitative estimate of drug-likeness (QED) is 0.390. The van der Waals surface area contributed by atoms with Gasteiger partial charge in [-0.05, 0) is 6.92 Å². The minimum Gasteiger partial charge on any atom is -0.443 e. The highest BCUT2D eigenvalue weighted by Crippen LogP contribution is 2.25. The summed E-state index contributed by atoms with van der Waals surface area (Å²) in [6.07, 6.45) is -2.48. The molecule has 6 nitrogen and oxygen atoms in total. The molecule has 1 aliphatic rings. The average Bonchev–Trinajstić information content (AvgIpc) is 3.04. The number of hydrogen-bond acceptors (Lipinski definition) is 4. The SMILES string of the molecule is CN=C(NCc1ncc(C(C)(C)C)o1)N1CCN(C(C)C(F)(F)F)CC1.I. The minimum atomic E-state index is -4.20. The maximum atomic E-state index is 12.8. The predicted octanol–water partition coefficient (Wildman–Crippen LogP) is 3.23. The van der Waals surface area contributed by atoms with Crippen LogP contribution in [0.2, 0.25) is 0 Å². The van der Waals surface area contributed by atoms with E-state index in [1.54, 1.807) is 13.2 Å². The predicted molar refractivity (Wildman–Crippen MR) is 109 cm³/mol. The molecule has 1 aliphatic heterocycles. The largest absolute Gasteiger partial charge is 0.443 e. The molecule has 0 spiro atoms. The maximum absolute atomic E-state index is 12.8. The number of aliphatic imine (C=N–C) groups is 1. The van der Waals surface area contributed by atoms with E-state index in [0.717, 1.165) is 5.76 Å². The summed E-state index contributed by atoms with van der Waals surface area (Å²) >= 11 is 0. The lowest BCUT2D eigenvalue weighted by atomic mass is 9.94. The van der Waals surface area contributed by atoms with E-state index in [1.165, 1.54) is 11.8 Å². The van der Waals surface area contributed by atoms with Gasteiger partial charge in [0, 0.05) is 38.6 Å². The average molecular weight is 503 g/mol. The zero-order valence-electron chi connectivity index (χ0n) is 16.4. The van der Waals surface area contributed by atoms with Gasteiger partial charge >= 0.3 is 6.18 Å². The Morgan fingerprint density at radius 3 is 2.30 bits per heavy atom. The first-order valence-corrected chi connectivity index (χ1v) is 8.74. The number of halogens is 4. The topological polar surface area (TPSA) is 56.9 Å². The van der Waals surface area contributed by atoms with E-state index in [-0.39, 0.29) is 29.4 Å². The lowest BCUT2D eigenvalue weighted by Gasteiger charge is -2.39.